The lowest BCUT2D eigenvalue weighted by Gasteiger charge is -2.16. The predicted molar refractivity (Wildman–Crippen MR) is 109 cm³/mol. The summed E-state index contributed by atoms with van der Waals surface area (Å²) in [6.45, 7) is 1.87. The van der Waals surface area contributed by atoms with Crippen molar-refractivity contribution >= 4 is 34.1 Å². The van der Waals surface area contributed by atoms with E-state index in [9.17, 15) is 4.39 Å². The lowest BCUT2D eigenvalue weighted by molar-refractivity contribution is 0.414. The summed E-state index contributed by atoms with van der Waals surface area (Å²) in [5.41, 5.74) is 2.67. The van der Waals surface area contributed by atoms with Crippen molar-refractivity contribution in [2.75, 3.05) is 11.9 Å². The maximum Gasteiger partial charge on any atom is 0.325 e. The monoisotopic (exact) mass is 412 g/mol. The van der Waals surface area contributed by atoms with E-state index in [1.165, 1.54) is 18.9 Å². The number of fused-ring (bicyclic) bond motifs is 1. The van der Waals surface area contributed by atoms with E-state index in [-0.39, 0.29) is 16.9 Å². The normalized spacial score (nSPS) is 13.8. The molecule has 1 aliphatic rings. The first-order chi connectivity index (χ1) is 14.0. The number of nitrogens with one attached hydrogen (secondary N) is 2. The van der Waals surface area contributed by atoms with Crippen molar-refractivity contribution in [3.63, 3.8) is 0 Å². The molecule has 3 aromatic heterocycles. The number of aromatic nitrogens is 5. The van der Waals surface area contributed by atoms with Crippen molar-refractivity contribution in [2.24, 2.45) is 0 Å². The van der Waals surface area contributed by atoms with Crippen molar-refractivity contribution in [2.45, 2.75) is 25.7 Å². The number of nitrogens with zero attached hydrogens (tertiary/aromatic N) is 4. The standard InChI is InChI=1S/C20H18ClFN6O/c1-10-7-12-13(23-10)5-6-15(19(12)22)29-20-24-16(21)9-17(25-20)28(2)18-8-14(26-27-18)11-3-4-11/h5-9,11,23H,3-4H2,1-2H3,(H,26,27). The predicted octanol–water partition coefficient (Wildman–Crippen LogP) is 5.22. The summed E-state index contributed by atoms with van der Waals surface area (Å²) >= 11 is 6.17. The number of aromatic amines is 2. The van der Waals surface area contributed by atoms with Gasteiger partial charge in [0.2, 0.25) is 0 Å². The van der Waals surface area contributed by atoms with E-state index in [0.717, 1.165) is 11.4 Å². The topological polar surface area (TPSA) is 82.7 Å². The van der Waals surface area contributed by atoms with Crippen molar-refractivity contribution in [1.29, 1.82) is 0 Å². The second-order valence-corrected chi connectivity index (χ2v) is 7.63. The number of hydrogen-bond acceptors (Lipinski definition) is 5. The molecule has 4 aromatic rings. The van der Waals surface area contributed by atoms with Crippen molar-refractivity contribution in [3.05, 3.63) is 52.7 Å². The Labute approximate surface area is 170 Å². The zero-order chi connectivity index (χ0) is 20.1. The zero-order valence-corrected chi connectivity index (χ0v) is 16.6. The largest absolute Gasteiger partial charge is 0.421 e. The highest BCUT2D eigenvalue weighted by Crippen LogP contribution is 2.40. The minimum Gasteiger partial charge on any atom is -0.421 e. The third-order valence-electron chi connectivity index (χ3n) is 4.99. The van der Waals surface area contributed by atoms with Gasteiger partial charge in [0.25, 0.3) is 0 Å². The van der Waals surface area contributed by atoms with Gasteiger partial charge in [-0.25, -0.2) is 4.39 Å². The minimum absolute atomic E-state index is 0.0307. The quantitative estimate of drug-likeness (QED) is 0.439. The van der Waals surface area contributed by atoms with Crippen LogP contribution in [-0.2, 0) is 0 Å². The minimum atomic E-state index is -0.480. The highest BCUT2D eigenvalue weighted by Gasteiger charge is 2.26. The second-order valence-electron chi connectivity index (χ2n) is 7.24. The fourth-order valence-electron chi connectivity index (χ4n) is 3.29. The Bertz CT molecular complexity index is 1220. The van der Waals surface area contributed by atoms with Crippen LogP contribution >= 0.6 is 11.6 Å². The Morgan fingerprint density at radius 3 is 2.79 bits per heavy atom. The zero-order valence-electron chi connectivity index (χ0n) is 15.8. The molecule has 7 nitrogen and oxygen atoms in total. The molecular weight excluding hydrogens is 395 g/mol. The number of aryl methyl sites for hydroxylation is 1. The van der Waals surface area contributed by atoms with Crippen LogP contribution in [0.25, 0.3) is 10.9 Å². The van der Waals surface area contributed by atoms with E-state index in [4.69, 9.17) is 16.3 Å². The fraction of sp³-hybridized carbons (Fsp3) is 0.250. The molecule has 148 valence electrons. The molecule has 0 bridgehead atoms. The number of hydrogen-bond donors (Lipinski definition) is 2. The van der Waals surface area contributed by atoms with E-state index in [1.807, 2.05) is 20.0 Å². The maximum atomic E-state index is 14.8. The van der Waals surface area contributed by atoms with E-state index in [0.29, 0.717) is 28.5 Å². The molecule has 0 spiro atoms. The Morgan fingerprint density at radius 2 is 2.00 bits per heavy atom. The summed E-state index contributed by atoms with van der Waals surface area (Å²) in [6, 6.07) is 8.58. The molecule has 0 aliphatic heterocycles. The first-order valence-corrected chi connectivity index (χ1v) is 9.65. The number of benzene rings is 1. The molecule has 0 atom stereocenters. The number of anilines is 2. The lowest BCUT2D eigenvalue weighted by atomic mass is 10.2. The summed E-state index contributed by atoms with van der Waals surface area (Å²) < 4.78 is 20.5. The summed E-state index contributed by atoms with van der Waals surface area (Å²) in [5, 5.41) is 8.04. The molecule has 5 rings (SSSR count). The molecule has 3 heterocycles. The van der Waals surface area contributed by atoms with Gasteiger partial charge >= 0.3 is 6.01 Å². The first kappa shape index (κ1) is 17.9. The smallest absolute Gasteiger partial charge is 0.325 e. The van der Waals surface area contributed by atoms with Gasteiger partial charge in [-0.15, -0.1) is 0 Å². The molecule has 1 aromatic carbocycles. The summed E-state index contributed by atoms with van der Waals surface area (Å²) in [7, 11) is 1.82. The van der Waals surface area contributed by atoms with E-state index >= 15 is 0 Å². The Balaban J connectivity index is 1.45. The number of H-pyrrole nitrogens is 2. The highest BCUT2D eigenvalue weighted by molar-refractivity contribution is 6.29. The maximum absolute atomic E-state index is 14.8. The van der Waals surface area contributed by atoms with Gasteiger partial charge in [0.1, 0.15) is 11.0 Å². The van der Waals surface area contributed by atoms with Gasteiger partial charge in [-0.2, -0.15) is 15.1 Å². The number of halogens is 2. The van der Waals surface area contributed by atoms with Crippen LogP contribution in [-0.4, -0.2) is 32.2 Å². The van der Waals surface area contributed by atoms with Gasteiger partial charge in [0.05, 0.1) is 0 Å². The highest BCUT2D eigenvalue weighted by atomic mass is 35.5. The van der Waals surface area contributed by atoms with Gasteiger partial charge < -0.3 is 14.6 Å². The van der Waals surface area contributed by atoms with Crippen LogP contribution in [0.2, 0.25) is 5.15 Å². The van der Waals surface area contributed by atoms with Crippen LogP contribution in [0, 0.1) is 12.7 Å². The number of rotatable bonds is 5. The molecule has 1 fully saturated rings. The summed E-state index contributed by atoms with van der Waals surface area (Å²) in [4.78, 5) is 13.3. The molecule has 0 unspecified atom stereocenters. The molecule has 0 saturated heterocycles. The van der Waals surface area contributed by atoms with Crippen LogP contribution in [0.15, 0.2) is 30.3 Å². The lowest BCUT2D eigenvalue weighted by Crippen LogP contribution is -2.12. The average molecular weight is 413 g/mol. The molecule has 0 amide bonds. The Kier molecular flexibility index (Phi) is 4.16. The van der Waals surface area contributed by atoms with Gasteiger partial charge in [0, 0.05) is 47.4 Å². The van der Waals surface area contributed by atoms with Crippen LogP contribution in [0.5, 0.6) is 11.8 Å². The van der Waals surface area contributed by atoms with Crippen molar-refractivity contribution < 1.29 is 9.13 Å². The Hall–Kier alpha value is -3.13. The van der Waals surface area contributed by atoms with Crippen molar-refractivity contribution in [1.82, 2.24) is 25.1 Å². The molecule has 2 N–H and O–H groups in total. The molecule has 1 saturated carbocycles. The van der Waals surface area contributed by atoms with Gasteiger partial charge in [0.15, 0.2) is 17.4 Å². The van der Waals surface area contributed by atoms with E-state index < -0.39 is 5.82 Å². The van der Waals surface area contributed by atoms with Gasteiger partial charge in [-0.3, -0.25) is 5.10 Å². The molecule has 9 heteroatoms. The second kappa shape index (κ2) is 6.73. The van der Waals surface area contributed by atoms with Crippen LogP contribution in [0.4, 0.5) is 16.0 Å². The molecule has 1 aliphatic carbocycles. The van der Waals surface area contributed by atoms with E-state index in [1.54, 1.807) is 23.1 Å². The first-order valence-electron chi connectivity index (χ1n) is 9.27. The average Bonchev–Trinajstić information content (AvgIpc) is 3.29. The fourth-order valence-corrected chi connectivity index (χ4v) is 3.46. The third-order valence-corrected chi connectivity index (χ3v) is 5.18. The number of ether oxygens (including phenoxy) is 1. The molecular formula is C20H18ClFN6O. The Morgan fingerprint density at radius 1 is 1.17 bits per heavy atom. The SMILES string of the molecule is Cc1cc2c(F)c(Oc3nc(Cl)cc(N(C)c4cc(C5CC5)[nH]n4)n3)ccc2[nH]1. The van der Waals surface area contributed by atoms with Gasteiger partial charge in [-0.1, -0.05) is 11.6 Å². The van der Waals surface area contributed by atoms with Crippen LogP contribution < -0.4 is 9.64 Å². The summed E-state index contributed by atoms with van der Waals surface area (Å²) in [6.07, 6.45) is 2.36. The third kappa shape index (κ3) is 3.40. The molecule has 29 heavy (non-hydrogen) atoms. The van der Waals surface area contributed by atoms with Gasteiger partial charge in [-0.05, 0) is 38.0 Å². The van der Waals surface area contributed by atoms with Crippen LogP contribution in [0.3, 0.4) is 0 Å². The molecule has 0 radical (unpaired) electrons. The summed E-state index contributed by atoms with van der Waals surface area (Å²) in [5.74, 6) is 1.32. The van der Waals surface area contributed by atoms with Crippen LogP contribution in [0.1, 0.15) is 30.1 Å². The van der Waals surface area contributed by atoms with Crippen molar-refractivity contribution in [3.8, 4) is 11.8 Å². The van der Waals surface area contributed by atoms with E-state index in [2.05, 4.69) is 25.1 Å².